The van der Waals surface area contributed by atoms with Crippen LogP contribution in [0.4, 0.5) is 0 Å². The molecule has 14 heteroatoms. The van der Waals surface area contributed by atoms with Gasteiger partial charge >= 0.3 is 0 Å². The largest absolute Gasteiger partial charge is 0.446 e. The Hall–Kier alpha value is -3.20. The molecule has 6 heterocycles. The van der Waals surface area contributed by atoms with Gasteiger partial charge in [0.1, 0.15) is 26.6 Å². The highest BCUT2D eigenvalue weighted by molar-refractivity contribution is 7.12. The summed E-state index contributed by atoms with van der Waals surface area (Å²) in [6.45, 7) is 23.3. The molecule has 0 fully saturated rings. The van der Waals surface area contributed by atoms with Gasteiger partial charge in [0.15, 0.2) is 11.7 Å². The van der Waals surface area contributed by atoms with Crippen molar-refractivity contribution in [2.24, 2.45) is 0 Å². The molecule has 6 aromatic heterocycles. The van der Waals surface area contributed by atoms with Crippen molar-refractivity contribution in [3.63, 3.8) is 0 Å². The molecule has 0 unspecified atom stereocenters. The van der Waals surface area contributed by atoms with Crippen LogP contribution in [0.2, 0.25) is 0 Å². The van der Waals surface area contributed by atoms with Gasteiger partial charge in [-0.25, -0.2) is 15.0 Å². The molecule has 0 radical (unpaired) electrons. The van der Waals surface area contributed by atoms with Gasteiger partial charge in [-0.15, -0.1) is 44.2 Å². The van der Waals surface area contributed by atoms with E-state index in [1.165, 1.54) is 26.2 Å². The summed E-state index contributed by atoms with van der Waals surface area (Å²) in [6.07, 6.45) is 3.59. The second-order valence-electron chi connectivity index (χ2n) is 8.70. The Balaban J connectivity index is 0.000000252. The Morgan fingerprint density at radius 3 is 1.31 bits per heavy atom. The van der Waals surface area contributed by atoms with Crippen molar-refractivity contribution in [1.29, 1.82) is 0 Å². The predicted molar refractivity (Wildman–Crippen MR) is 174 cm³/mol. The number of thiophene rings is 1. The van der Waals surface area contributed by atoms with Crippen molar-refractivity contribution < 1.29 is 8.94 Å². The number of hydrogen-bond donors (Lipinski definition) is 0. The third kappa shape index (κ3) is 18.3. The molecule has 0 atom stereocenters. The van der Waals surface area contributed by atoms with Gasteiger partial charge in [0.05, 0.1) is 11.2 Å². The molecule has 0 saturated heterocycles. The van der Waals surface area contributed by atoms with Crippen LogP contribution in [0.15, 0.2) is 33.5 Å². The Labute approximate surface area is 264 Å². The molecule has 6 aromatic rings. The molecule has 0 aliphatic rings. The number of hydrogen-bond acceptors (Lipinski definition) is 14. The Morgan fingerprint density at radius 1 is 0.548 bits per heavy atom. The van der Waals surface area contributed by atoms with Gasteiger partial charge in [0, 0.05) is 34.7 Å². The third-order valence-electron chi connectivity index (χ3n) is 4.23. The molecule has 6 rings (SSSR count). The van der Waals surface area contributed by atoms with Gasteiger partial charge in [-0.05, 0) is 92.9 Å². The number of thiazole rings is 1. The first-order valence-corrected chi connectivity index (χ1v) is 16.1. The second kappa shape index (κ2) is 19.8. The van der Waals surface area contributed by atoms with Gasteiger partial charge in [-0.2, -0.15) is 9.36 Å². The first-order valence-electron chi connectivity index (χ1n) is 12.8. The maximum Gasteiger partial charge on any atom is 0.223 e. The van der Waals surface area contributed by atoms with Crippen molar-refractivity contribution >= 4 is 45.5 Å². The summed E-state index contributed by atoms with van der Waals surface area (Å²) in [5.41, 5.74) is 0. The van der Waals surface area contributed by atoms with E-state index in [0.717, 1.165) is 37.5 Å². The van der Waals surface area contributed by atoms with Gasteiger partial charge in [-0.1, -0.05) is 5.16 Å². The normalized spacial score (nSPS) is 9.43. The molecule has 0 amide bonds. The van der Waals surface area contributed by atoms with E-state index in [0.29, 0.717) is 11.7 Å². The van der Waals surface area contributed by atoms with E-state index in [2.05, 4.69) is 77.1 Å². The molecule has 228 valence electrons. The van der Waals surface area contributed by atoms with Crippen molar-refractivity contribution in [3.8, 4) is 0 Å². The molecule has 0 aromatic carbocycles. The minimum atomic E-state index is 0.623. The van der Waals surface area contributed by atoms with E-state index in [1.54, 1.807) is 42.7 Å². The van der Waals surface area contributed by atoms with Gasteiger partial charge < -0.3 is 8.94 Å². The summed E-state index contributed by atoms with van der Waals surface area (Å²) in [5.74, 6) is 3.80. The number of aryl methyl sites for hydroxylation is 12. The number of aromatic nitrogens is 8. The highest BCUT2D eigenvalue weighted by Crippen LogP contribution is 2.12. The summed E-state index contributed by atoms with van der Waals surface area (Å²) in [4.78, 5) is 19.8. The average molecular weight is 649 g/mol. The van der Waals surface area contributed by atoms with Gasteiger partial charge in [-0.3, -0.25) is 0 Å². The lowest BCUT2D eigenvalue weighted by atomic mass is 10.5. The van der Waals surface area contributed by atoms with E-state index in [-0.39, 0.29) is 0 Å². The fourth-order valence-electron chi connectivity index (χ4n) is 2.69. The zero-order chi connectivity index (χ0) is 31.7. The lowest BCUT2D eigenvalue weighted by Crippen LogP contribution is -1.70. The van der Waals surface area contributed by atoms with Crippen LogP contribution in [0.5, 0.6) is 0 Å². The average Bonchev–Trinajstić information content (AvgIpc) is 3.76. The standard InChI is InChI=1S/C6H8S.C5H7NO.C5H7NS.C4H6N2O.2C4H6N2S/c1-5-3-4-6(2)7-5;2*1-4-3-6-5(2)7-4;1-3-5-4(2)7-6-3;1-3-5-6-4(2)7-3;1-3-5-4(2)7-6-3/h3-4H,1-2H3;2*3H,1-2H3;3*1-2H3. The number of oxazole rings is 1. The summed E-state index contributed by atoms with van der Waals surface area (Å²) < 4.78 is 13.5. The lowest BCUT2D eigenvalue weighted by Gasteiger charge is -1.73. The third-order valence-corrected chi connectivity index (χ3v) is 7.44. The second-order valence-corrected chi connectivity index (χ2v) is 14.0. The molecule has 0 saturated carbocycles. The molecular formula is C28H40N8O2S4. The van der Waals surface area contributed by atoms with Crippen LogP contribution in [0.3, 0.4) is 0 Å². The minimum absolute atomic E-state index is 0.623. The topological polar surface area (TPSA) is 129 Å². The first-order chi connectivity index (χ1) is 19.7. The lowest BCUT2D eigenvalue weighted by molar-refractivity contribution is 0.389. The molecule has 0 spiro atoms. The van der Waals surface area contributed by atoms with E-state index in [1.807, 2.05) is 66.0 Å². The maximum atomic E-state index is 4.97. The monoisotopic (exact) mass is 648 g/mol. The maximum absolute atomic E-state index is 4.97. The summed E-state index contributed by atoms with van der Waals surface area (Å²) >= 11 is 6.64. The van der Waals surface area contributed by atoms with Crippen LogP contribution in [0.1, 0.15) is 63.9 Å². The van der Waals surface area contributed by atoms with Crippen LogP contribution in [-0.4, -0.2) is 39.7 Å². The first kappa shape index (κ1) is 36.8. The van der Waals surface area contributed by atoms with E-state index < -0.39 is 0 Å². The van der Waals surface area contributed by atoms with Crippen molar-refractivity contribution in [2.45, 2.75) is 83.1 Å². The highest BCUT2D eigenvalue weighted by atomic mass is 32.1. The van der Waals surface area contributed by atoms with Crippen molar-refractivity contribution in [3.05, 3.63) is 88.4 Å². The summed E-state index contributed by atoms with van der Waals surface area (Å²) in [5, 5.41) is 15.4. The molecule has 0 N–H and O–H groups in total. The van der Waals surface area contributed by atoms with Crippen LogP contribution in [0.25, 0.3) is 0 Å². The van der Waals surface area contributed by atoms with E-state index >= 15 is 0 Å². The van der Waals surface area contributed by atoms with Crippen molar-refractivity contribution in [2.75, 3.05) is 0 Å². The van der Waals surface area contributed by atoms with Crippen molar-refractivity contribution in [1.82, 2.24) is 39.7 Å². The van der Waals surface area contributed by atoms with Gasteiger partial charge in [0.25, 0.3) is 0 Å². The summed E-state index contributed by atoms with van der Waals surface area (Å²) in [6, 6.07) is 4.28. The SMILES string of the molecule is Cc1ccc(C)s1.Cc1cnc(C)o1.Cc1cnc(C)s1.Cc1nnc(C)s1.Cc1noc(C)n1.Cc1nsc(C)n1. The highest BCUT2D eigenvalue weighted by Gasteiger charge is 1.91. The van der Waals surface area contributed by atoms with Crippen LogP contribution < -0.4 is 0 Å². The van der Waals surface area contributed by atoms with Crippen LogP contribution in [-0.2, 0) is 0 Å². The number of nitrogens with zero attached hydrogens (tertiary/aromatic N) is 8. The molecular weight excluding hydrogens is 609 g/mol. The van der Waals surface area contributed by atoms with Crippen LogP contribution >= 0.6 is 45.5 Å². The predicted octanol–water partition coefficient (Wildman–Crippen LogP) is 8.41. The Morgan fingerprint density at radius 2 is 1.17 bits per heavy atom. The molecule has 42 heavy (non-hydrogen) atoms. The molecule has 0 aliphatic carbocycles. The van der Waals surface area contributed by atoms with Gasteiger partial charge in [0.2, 0.25) is 5.89 Å². The number of rotatable bonds is 0. The fraction of sp³-hybridized carbons (Fsp3) is 0.429. The quantitative estimate of drug-likeness (QED) is 0.158. The zero-order valence-electron chi connectivity index (χ0n) is 26.3. The van der Waals surface area contributed by atoms with E-state index in [4.69, 9.17) is 4.42 Å². The summed E-state index contributed by atoms with van der Waals surface area (Å²) in [7, 11) is 0. The van der Waals surface area contributed by atoms with E-state index in [9.17, 15) is 0 Å². The molecule has 0 aliphatic heterocycles. The molecule has 10 nitrogen and oxygen atoms in total. The Bertz CT molecular complexity index is 1150. The van der Waals surface area contributed by atoms with Crippen LogP contribution in [0, 0.1) is 83.1 Å². The zero-order valence-corrected chi connectivity index (χ0v) is 29.6. The minimum Gasteiger partial charge on any atom is -0.446 e. The fourth-order valence-corrected chi connectivity index (χ4v) is 5.21. The Kier molecular flexibility index (Phi) is 17.4. The smallest absolute Gasteiger partial charge is 0.223 e. The molecule has 0 bridgehead atoms.